The summed E-state index contributed by atoms with van der Waals surface area (Å²) < 4.78 is 24.5. The van der Waals surface area contributed by atoms with Crippen molar-refractivity contribution in [2.24, 2.45) is 0 Å². The van der Waals surface area contributed by atoms with Crippen LogP contribution in [0.5, 0.6) is 11.5 Å². The minimum absolute atomic E-state index is 0.154. The van der Waals surface area contributed by atoms with Crippen molar-refractivity contribution < 1.29 is 23.5 Å². The van der Waals surface area contributed by atoms with E-state index in [1.807, 2.05) is 30.3 Å². The van der Waals surface area contributed by atoms with Crippen LogP contribution in [0.2, 0.25) is 0 Å². The lowest BCUT2D eigenvalue weighted by Crippen LogP contribution is -2.46. The zero-order valence-corrected chi connectivity index (χ0v) is 18.0. The number of nitrogens with zero attached hydrogens (tertiary/aromatic N) is 1. The largest absolute Gasteiger partial charge is 0.492 e. The molecule has 6 nitrogen and oxygen atoms in total. The zero-order chi connectivity index (χ0) is 23.2. The van der Waals surface area contributed by atoms with Crippen LogP contribution in [0.1, 0.15) is 12.5 Å². The van der Waals surface area contributed by atoms with E-state index in [1.165, 1.54) is 18.2 Å². The van der Waals surface area contributed by atoms with Crippen LogP contribution in [0, 0.1) is 5.82 Å². The molecule has 0 aromatic heterocycles. The molecule has 2 amide bonds. The van der Waals surface area contributed by atoms with Gasteiger partial charge in [0.15, 0.2) is 6.10 Å². The second kappa shape index (κ2) is 9.99. The first-order chi connectivity index (χ1) is 16.0. The third-order valence-corrected chi connectivity index (χ3v) is 5.06. The molecule has 0 radical (unpaired) electrons. The number of para-hydroxylation sites is 1. The first-order valence-electron chi connectivity index (χ1n) is 10.5. The predicted molar refractivity (Wildman–Crippen MR) is 125 cm³/mol. The molecule has 4 rings (SSSR count). The Kier molecular flexibility index (Phi) is 6.69. The third kappa shape index (κ3) is 5.57. The molecule has 3 aromatic rings. The Hall–Kier alpha value is -4.13. The topological polar surface area (TPSA) is 67.9 Å². The Morgan fingerprint density at radius 2 is 1.88 bits per heavy atom. The zero-order valence-electron chi connectivity index (χ0n) is 18.0. The van der Waals surface area contributed by atoms with Crippen LogP contribution in [-0.4, -0.2) is 31.1 Å². The molecule has 1 aliphatic heterocycles. The number of nitrogens with one attached hydrogen (secondary N) is 1. The van der Waals surface area contributed by atoms with E-state index in [1.54, 1.807) is 48.2 Å². The van der Waals surface area contributed by atoms with Gasteiger partial charge in [0.1, 0.15) is 23.9 Å². The lowest BCUT2D eigenvalue weighted by Gasteiger charge is -2.33. The second-order valence-corrected chi connectivity index (χ2v) is 7.47. The first-order valence-corrected chi connectivity index (χ1v) is 10.5. The van der Waals surface area contributed by atoms with Gasteiger partial charge in [-0.3, -0.25) is 9.59 Å². The van der Waals surface area contributed by atoms with Crippen LogP contribution in [0.25, 0.3) is 6.08 Å². The van der Waals surface area contributed by atoms with E-state index in [0.717, 1.165) is 5.75 Å². The fraction of sp³-hybridized carbons (Fsp3) is 0.154. The van der Waals surface area contributed by atoms with Gasteiger partial charge in [-0.15, -0.1) is 0 Å². The number of benzene rings is 3. The summed E-state index contributed by atoms with van der Waals surface area (Å²) in [5, 5.41) is 2.77. The molecular weight excluding hydrogens is 423 g/mol. The Balaban J connectivity index is 1.42. The normalized spacial score (nSPS) is 15.2. The number of carbonyl (C=O) groups is 2. The fourth-order valence-electron chi connectivity index (χ4n) is 3.42. The average molecular weight is 446 g/mol. The fourth-order valence-corrected chi connectivity index (χ4v) is 3.42. The molecule has 0 bridgehead atoms. The number of anilines is 2. The number of hydrogen-bond acceptors (Lipinski definition) is 4. The van der Waals surface area contributed by atoms with E-state index in [9.17, 15) is 14.0 Å². The highest BCUT2D eigenvalue weighted by atomic mass is 19.1. The van der Waals surface area contributed by atoms with Gasteiger partial charge in [-0.1, -0.05) is 30.3 Å². The smallest absolute Gasteiger partial charge is 0.267 e. The van der Waals surface area contributed by atoms with E-state index in [-0.39, 0.29) is 17.6 Å². The number of hydrogen-bond donors (Lipinski definition) is 1. The van der Waals surface area contributed by atoms with Crippen molar-refractivity contribution in [3.63, 3.8) is 0 Å². The lowest BCUT2D eigenvalue weighted by molar-refractivity contribution is -0.125. The molecule has 168 valence electrons. The molecule has 0 saturated heterocycles. The summed E-state index contributed by atoms with van der Waals surface area (Å²) in [5.41, 5.74) is 1.86. The second-order valence-electron chi connectivity index (χ2n) is 7.47. The monoisotopic (exact) mass is 446 g/mol. The van der Waals surface area contributed by atoms with Crippen LogP contribution < -0.4 is 19.7 Å². The molecule has 7 heteroatoms. The molecule has 1 unspecified atom stereocenters. The highest BCUT2D eigenvalue weighted by Crippen LogP contribution is 2.36. The molecule has 1 N–H and O–H groups in total. The maximum absolute atomic E-state index is 13.0. The van der Waals surface area contributed by atoms with Crippen molar-refractivity contribution in [1.82, 2.24) is 0 Å². The number of amides is 2. The number of fused-ring (bicyclic) bond motifs is 1. The summed E-state index contributed by atoms with van der Waals surface area (Å²) in [5.74, 6) is 0.407. The Labute approximate surface area is 191 Å². The van der Waals surface area contributed by atoms with Crippen molar-refractivity contribution in [2.75, 3.05) is 23.4 Å². The van der Waals surface area contributed by atoms with Gasteiger partial charge in [-0.2, -0.15) is 0 Å². The number of carbonyl (C=O) groups excluding carboxylic acids is 2. The first kappa shape index (κ1) is 22.1. The highest BCUT2D eigenvalue weighted by Gasteiger charge is 2.31. The van der Waals surface area contributed by atoms with Gasteiger partial charge in [-0.05, 0) is 55.0 Å². The van der Waals surface area contributed by atoms with Crippen molar-refractivity contribution in [3.8, 4) is 11.5 Å². The van der Waals surface area contributed by atoms with Gasteiger partial charge in [0, 0.05) is 17.8 Å². The van der Waals surface area contributed by atoms with Crippen LogP contribution >= 0.6 is 0 Å². The van der Waals surface area contributed by atoms with Crippen LogP contribution in [0.4, 0.5) is 15.8 Å². The van der Waals surface area contributed by atoms with Gasteiger partial charge in [-0.25, -0.2) is 4.39 Å². The Bertz CT molecular complexity index is 1160. The molecule has 1 heterocycles. The van der Waals surface area contributed by atoms with Gasteiger partial charge in [0.05, 0.1) is 12.2 Å². The minimum atomic E-state index is -0.654. The average Bonchev–Trinajstić information content (AvgIpc) is 2.82. The minimum Gasteiger partial charge on any atom is -0.492 e. The van der Waals surface area contributed by atoms with E-state index >= 15 is 0 Å². The van der Waals surface area contributed by atoms with E-state index in [0.29, 0.717) is 35.8 Å². The van der Waals surface area contributed by atoms with E-state index in [2.05, 4.69) is 5.32 Å². The van der Waals surface area contributed by atoms with Gasteiger partial charge in [0.2, 0.25) is 5.91 Å². The molecule has 0 saturated carbocycles. The molecular formula is C26H23FN2O4. The number of ether oxygens (including phenoxy) is 2. The quantitative estimate of drug-likeness (QED) is 0.536. The van der Waals surface area contributed by atoms with Crippen molar-refractivity contribution in [2.45, 2.75) is 13.0 Å². The summed E-state index contributed by atoms with van der Waals surface area (Å²) in [7, 11) is 0. The Morgan fingerprint density at radius 1 is 1.12 bits per heavy atom. The van der Waals surface area contributed by atoms with E-state index < -0.39 is 6.10 Å². The molecule has 0 aliphatic carbocycles. The number of rotatable bonds is 7. The van der Waals surface area contributed by atoms with Crippen molar-refractivity contribution in [1.29, 1.82) is 0 Å². The third-order valence-electron chi connectivity index (χ3n) is 5.06. The summed E-state index contributed by atoms with van der Waals surface area (Å²) in [6.07, 6.45) is 2.31. The van der Waals surface area contributed by atoms with Gasteiger partial charge in [0.25, 0.3) is 5.91 Å². The predicted octanol–water partition coefficient (Wildman–Crippen LogP) is 4.67. The molecule has 0 fully saturated rings. The van der Waals surface area contributed by atoms with Gasteiger partial charge < -0.3 is 19.7 Å². The maximum Gasteiger partial charge on any atom is 0.267 e. The summed E-state index contributed by atoms with van der Waals surface area (Å²) in [6, 6.07) is 20.4. The van der Waals surface area contributed by atoms with Crippen molar-refractivity contribution >= 4 is 29.3 Å². The van der Waals surface area contributed by atoms with Crippen LogP contribution in [0.15, 0.2) is 78.9 Å². The highest BCUT2D eigenvalue weighted by molar-refractivity contribution is 6.03. The molecule has 0 spiro atoms. The van der Waals surface area contributed by atoms with E-state index in [4.69, 9.17) is 9.47 Å². The molecule has 33 heavy (non-hydrogen) atoms. The van der Waals surface area contributed by atoms with Crippen LogP contribution in [-0.2, 0) is 9.59 Å². The standard InChI is InChI=1S/C26H23FN2O4/c1-18-26(31)29(15-16-32-22-5-3-2-4-6-22)23-13-12-21(17-24(23)33-18)28-25(30)14-9-19-7-10-20(27)11-8-19/h2-14,17-18H,15-16H2,1H3,(H,28,30)/b14-9+. The van der Waals surface area contributed by atoms with Crippen molar-refractivity contribution in [3.05, 3.63) is 90.3 Å². The summed E-state index contributed by atoms with van der Waals surface area (Å²) >= 11 is 0. The summed E-state index contributed by atoms with van der Waals surface area (Å²) in [4.78, 5) is 26.6. The summed E-state index contributed by atoms with van der Waals surface area (Å²) in [6.45, 7) is 2.38. The molecule has 1 aliphatic rings. The molecule has 3 aromatic carbocycles. The number of halogens is 1. The molecule has 1 atom stereocenters. The van der Waals surface area contributed by atoms with Gasteiger partial charge >= 0.3 is 0 Å². The lowest BCUT2D eigenvalue weighted by atomic mass is 10.1. The van der Waals surface area contributed by atoms with Crippen LogP contribution in [0.3, 0.4) is 0 Å². The SMILES string of the molecule is CC1Oc2cc(NC(=O)/C=C/c3ccc(F)cc3)ccc2N(CCOc2ccccc2)C1=O. The Morgan fingerprint density at radius 3 is 2.64 bits per heavy atom. The maximum atomic E-state index is 13.0.